The van der Waals surface area contributed by atoms with E-state index in [4.69, 9.17) is 4.74 Å². The molecule has 0 spiro atoms. The fourth-order valence-electron chi connectivity index (χ4n) is 4.23. The van der Waals surface area contributed by atoms with E-state index in [0.717, 1.165) is 45.6 Å². The number of carbonyl (C=O) groups is 1. The third-order valence-corrected chi connectivity index (χ3v) is 5.87. The molecule has 1 fully saturated rings. The van der Waals surface area contributed by atoms with Crippen molar-refractivity contribution in [3.63, 3.8) is 0 Å². The number of aromatic nitrogens is 2. The molecule has 1 saturated carbocycles. The number of nitrogens with one attached hydrogen (secondary N) is 1. The Morgan fingerprint density at radius 2 is 1.90 bits per heavy atom. The van der Waals surface area contributed by atoms with E-state index in [-0.39, 0.29) is 11.5 Å². The number of carbonyl (C=O) groups excluding carboxylic acids is 1. The Kier molecular flexibility index (Phi) is 3.53. The van der Waals surface area contributed by atoms with Gasteiger partial charge in [0.2, 0.25) is 0 Å². The van der Waals surface area contributed by atoms with Gasteiger partial charge in [-0.15, -0.1) is 0 Å². The highest BCUT2D eigenvalue weighted by molar-refractivity contribution is 6.18. The zero-order valence-corrected chi connectivity index (χ0v) is 16.4. The molecule has 0 radical (unpaired) electrons. The van der Waals surface area contributed by atoms with Crippen LogP contribution in [-0.2, 0) is 4.79 Å². The maximum Gasteiger partial charge on any atom is 0.263 e. The Balaban J connectivity index is 1.54. The molecular weight excluding hydrogens is 378 g/mol. The first-order valence-corrected chi connectivity index (χ1v) is 10.2. The summed E-state index contributed by atoms with van der Waals surface area (Å²) >= 11 is 0. The van der Waals surface area contributed by atoms with Gasteiger partial charge in [0.1, 0.15) is 5.75 Å². The lowest BCUT2D eigenvalue weighted by atomic mass is 10.1. The molecule has 1 amide bonds. The Morgan fingerprint density at radius 1 is 1.10 bits per heavy atom. The molecule has 3 aromatic heterocycles. The van der Waals surface area contributed by atoms with Gasteiger partial charge in [0.25, 0.3) is 11.5 Å². The second-order valence-corrected chi connectivity index (χ2v) is 7.96. The summed E-state index contributed by atoms with van der Waals surface area (Å²) in [7, 11) is 0. The molecule has 1 aliphatic rings. The summed E-state index contributed by atoms with van der Waals surface area (Å²) in [6.07, 6.45) is 3.26. The Bertz CT molecular complexity index is 1520. The van der Waals surface area contributed by atoms with Crippen molar-refractivity contribution in [2.75, 3.05) is 0 Å². The fraction of sp³-hybridized carbons (Fsp3) is 0.208. The van der Waals surface area contributed by atoms with Gasteiger partial charge < -0.3 is 10.1 Å². The molecule has 6 heteroatoms. The van der Waals surface area contributed by atoms with E-state index in [9.17, 15) is 9.59 Å². The molecule has 6 nitrogen and oxygen atoms in total. The molecule has 0 saturated heterocycles. The standard InChI is InChI=1S/C24H19N3O3/c1-13(23(28)26-14-6-7-14)30-15-8-9-20-19(12-15)17-10-11-25-21-16-4-2-3-5-18(16)24(29)27(20)22(17)21/h2-5,8-14H,6-7H2,1H3,(H,26,28)/t13-/m0/s1. The van der Waals surface area contributed by atoms with E-state index >= 15 is 0 Å². The van der Waals surface area contributed by atoms with Crippen molar-refractivity contribution in [3.8, 4) is 5.75 Å². The zero-order valence-electron chi connectivity index (χ0n) is 16.4. The average molecular weight is 397 g/mol. The van der Waals surface area contributed by atoms with Crippen LogP contribution in [0.4, 0.5) is 0 Å². The molecule has 1 aliphatic carbocycles. The number of fused-ring (bicyclic) bond motifs is 5. The van der Waals surface area contributed by atoms with Crippen LogP contribution in [0.1, 0.15) is 19.8 Å². The summed E-state index contributed by atoms with van der Waals surface area (Å²) in [6.45, 7) is 1.75. The Labute approximate surface area is 171 Å². The average Bonchev–Trinajstić information content (AvgIpc) is 3.52. The molecule has 1 N–H and O–H groups in total. The van der Waals surface area contributed by atoms with Crippen molar-refractivity contribution in [2.24, 2.45) is 0 Å². The number of amides is 1. The smallest absolute Gasteiger partial charge is 0.263 e. The van der Waals surface area contributed by atoms with Gasteiger partial charge in [0.15, 0.2) is 6.10 Å². The first-order valence-electron chi connectivity index (χ1n) is 10.2. The maximum atomic E-state index is 13.3. The van der Waals surface area contributed by atoms with Gasteiger partial charge in [-0.05, 0) is 50.1 Å². The number of pyridine rings is 2. The molecule has 0 bridgehead atoms. The van der Waals surface area contributed by atoms with E-state index in [2.05, 4.69) is 10.3 Å². The quantitative estimate of drug-likeness (QED) is 0.470. The summed E-state index contributed by atoms with van der Waals surface area (Å²) in [5, 5.41) is 6.31. The molecule has 5 aromatic rings. The van der Waals surface area contributed by atoms with Crippen molar-refractivity contribution < 1.29 is 9.53 Å². The van der Waals surface area contributed by atoms with Gasteiger partial charge in [-0.25, -0.2) is 0 Å². The monoisotopic (exact) mass is 397 g/mol. The summed E-state index contributed by atoms with van der Waals surface area (Å²) in [5.74, 6) is 0.498. The van der Waals surface area contributed by atoms with Crippen molar-refractivity contribution in [1.29, 1.82) is 0 Å². The lowest BCUT2D eigenvalue weighted by molar-refractivity contribution is -0.127. The minimum atomic E-state index is -0.588. The zero-order chi connectivity index (χ0) is 20.4. The van der Waals surface area contributed by atoms with Crippen LogP contribution in [0.15, 0.2) is 59.5 Å². The van der Waals surface area contributed by atoms with E-state index in [1.54, 1.807) is 17.5 Å². The topological polar surface area (TPSA) is 72.7 Å². The minimum Gasteiger partial charge on any atom is -0.481 e. The summed E-state index contributed by atoms with van der Waals surface area (Å²) < 4.78 is 7.66. The van der Waals surface area contributed by atoms with Crippen LogP contribution in [0, 0.1) is 0 Å². The first-order chi connectivity index (χ1) is 14.6. The SMILES string of the molecule is C[C@H](Oc1ccc2c(c1)c1ccnc3c4ccccc4c(=O)n2c13)C(=O)NC1CC1. The predicted octanol–water partition coefficient (Wildman–Crippen LogP) is 3.64. The van der Waals surface area contributed by atoms with Gasteiger partial charge in [-0.2, -0.15) is 0 Å². The lowest BCUT2D eigenvalue weighted by Gasteiger charge is -2.14. The number of nitrogens with zero attached hydrogens (tertiary/aromatic N) is 2. The van der Waals surface area contributed by atoms with Crippen LogP contribution in [0.5, 0.6) is 5.75 Å². The fourth-order valence-corrected chi connectivity index (χ4v) is 4.23. The predicted molar refractivity (Wildman–Crippen MR) is 116 cm³/mol. The molecule has 3 heterocycles. The third kappa shape index (κ3) is 2.46. The largest absolute Gasteiger partial charge is 0.481 e. The molecule has 1 atom stereocenters. The van der Waals surface area contributed by atoms with Crippen molar-refractivity contribution >= 4 is 44.0 Å². The first kappa shape index (κ1) is 17.2. The van der Waals surface area contributed by atoms with E-state index < -0.39 is 6.10 Å². The van der Waals surface area contributed by atoms with Crippen LogP contribution in [0.2, 0.25) is 0 Å². The van der Waals surface area contributed by atoms with Crippen LogP contribution < -0.4 is 15.6 Å². The molecule has 148 valence electrons. The number of hydrogen-bond acceptors (Lipinski definition) is 4. The summed E-state index contributed by atoms with van der Waals surface area (Å²) in [6, 6.07) is 15.4. The van der Waals surface area contributed by atoms with Gasteiger partial charge in [0, 0.05) is 33.8 Å². The molecule has 0 aliphatic heterocycles. The normalized spacial score (nSPS) is 15.2. The van der Waals surface area contributed by atoms with Crippen LogP contribution in [0.25, 0.3) is 38.1 Å². The van der Waals surface area contributed by atoms with E-state index in [1.165, 1.54) is 0 Å². The third-order valence-electron chi connectivity index (χ3n) is 5.87. The summed E-state index contributed by atoms with van der Waals surface area (Å²) in [5.41, 5.74) is 2.37. The minimum absolute atomic E-state index is 0.0584. The van der Waals surface area contributed by atoms with Crippen LogP contribution in [-0.4, -0.2) is 27.4 Å². The lowest BCUT2D eigenvalue weighted by Crippen LogP contribution is -2.37. The van der Waals surface area contributed by atoms with Crippen molar-refractivity contribution in [1.82, 2.24) is 14.7 Å². The van der Waals surface area contributed by atoms with E-state index in [1.807, 2.05) is 48.5 Å². The highest BCUT2D eigenvalue weighted by Gasteiger charge is 2.26. The van der Waals surface area contributed by atoms with Gasteiger partial charge >= 0.3 is 0 Å². The van der Waals surface area contributed by atoms with Crippen LogP contribution in [0.3, 0.4) is 0 Å². The maximum absolute atomic E-state index is 13.3. The van der Waals surface area contributed by atoms with Crippen molar-refractivity contribution in [2.45, 2.75) is 31.9 Å². The van der Waals surface area contributed by atoms with Gasteiger partial charge in [0.05, 0.1) is 16.6 Å². The second-order valence-electron chi connectivity index (χ2n) is 7.96. The molecular formula is C24H19N3O3. The molecule has 0 unspecified atom stereocenters. The van der Waals surface area contributed by atoms with Crippen molar-refractivity contribution in [3.05, 3.63) is 65.1 Å². The number of hydrogen-bond donors (Lipinski definition) is 1. The second kappa shape index (κ2) is 6.16. The summed E-state index contributed by atoms with van der Waals surface area (Å²) in [4.78, 5) is 30.1. The highest BCUT2D eigenvalue weighted by atomic mass is 16.5. The van der Waals surface area contributed by atoms with Crippen LogP contribution >= 0.6 is 0 Å². The van der Waals surface area contributed by atoms with Gasteiger partial charge in [-0.1, -0.05) is 18.2 Å². The van der Waals surface area contributed by atoms with E-state index in [0.29, 0.717) is 17.2 Å². The number of ether oxygens (including phenoxy) is 1. The Hall–Kier alpha value is -3.67. The number of benzene rings is 2. The molecule has 6 rings (SSSR count). The molecule has 30 heavy (non-hydrogen) atoms. The Morgan fingerprint density at radius 3 is 2.70 bits per heavy atom. The highest BCUT2D eigenvalue weighted by Crippen LogP contribution is 2.34. The van der Waals surface area contributed by atoms with Gasteiger partial charge in [-0.3, -0.25) is 19.0 Å². The number of rotatable bonds is 4. The molecule has 2 aromatic carbocycles.